The van der Waals surface area contributed by atoms with Crippen LogP contribution in [0.3, 0.4) is 0 Å². The van der Waals surface area contributed by atoms with Crippen molar-refractivity contribution in [2.45, 2.75) is 45.7 Å². The highest BCUT2D eigenvalue weighted by molar-refractivity contribution is 5.96. The van der Waals surface area contributed by atoms with E-state index in [2.05, 4.69) is 24.5 Å². The van der Waals surface area contributed by atoms with E-state index in [1.54, 1.807) is 7.11 Å². The summed E-state index contributed by atoms with van der Waals surface area (Å²) in [6.07, 6.45) is 1.95. The van der Waals surface area contributed by atoms with E-state index in [1.807, 2.05) is 55.5 Å². The first kappa shape index (κ1) is 19.0. The molecular formula is C21H28N2O2. The SMILES string of the molecule is CCC(CC)N[C@@H](C(=O)Nc1cc(C)ccc1OC)c1ccccc1. The monoisotopic (exact) mass is 340 g/mol. The first-order valence-corrected chi connectivity index (χ1v) is 8.85. The number of anilines is 1. The molecule has 0 aliphatic heterocycles. The van der Waals surface area contributed by atoms with Crippen molar-refractivity contribution in [3.63, 3.8) is 0 Å². The average molecular weight is 340 g/mol. The summed E-state index contributed by atoms with van der Waals surface area (Å²) in [6.45, 7) is 6.25. The average Bonchev–Trinajstić information content (AvgIpc) is 2.63. The maximum Gasteiger partial charge on any atom is 0.246 e. The lowest BCUT2D eigenvalue weighted by atomic mass is 10.0. The highest BCUT2D eigenvalue weighted by atomic mass is 16.5. The molecule has 0 aliphatic carbocycles. The van der Waals surface area contributed by atoms with Crippen LogP contribution in [0.4, 0.5) is 5.69 Å². The Kier molecular flexibility index (Phi) is 7.02. The van der Waals surface area contributed by atoms with Crippen molar-refractivity contribution in [3.05, 3.63) is 59.7 Å². The fraction of sp³-hybridized carbons (Fsp3) is 0.381. The number of methoxy groups -OCH3 is 1. The second kappa shape index (κ2) is 9.23. The Hall–Kier alpha value is -2.33. The van der Waals surface area contributed by atoms with Gasteiger partial charge >= 0.3 is 0 Å². The number of carbonyl (C=O) groups is 1. The minimum Gasteiger partial charge on any atom is -0.495 e. The molecule has 4 heteroatoms. The summed E-state index contributed by atoms with van der Waals surface area (Å²) in [5, 5.41) is 6.52. The van der Waals surface area contributed by atoms with Crippen LogP contribution in [0.2, 0.25) is 0 Å². The van der Waals surface area contributed by atoms with Gasteiger partial charge in [-0.25, -0.2) is 0 Å². The van der Waals surface area contributed by atoms with E-state index in [-0.39, 0.29) is 11.9 Å². The zero-order chi connectivity index (χ0) is 18.2. The van der Waals surface area contributed by atoms with E-state index in [1.165, 1.54) is 0 Å². The molecule has 1 atom stereocenters. The Balaban J connectivity index is 2.28. The van der Waals surface area contributed by atoms with Gasteiger partial charge in [0.15, 0.2) is 0 Å². The molecule has 2 N–H and O–H groups in total. The molecule has 0 spiro atoms. The topological polar surface area (TPSA) is 50.4 Å². The molecule has 0 unspecified atom stereocenters. The molecule has 1 amide bonds. The second-order valence-corrected chi connectivity index (χ2v) is 6.22. The Bertz CT molecular complexity index is 682. The zero-order valence-corrected chi connectivity index (χ0v) is 15.5. The molecule has 2 aromatic rings. The molecule has 4 nitrogen and oxygen atoms in total. The van der Waals surface area contributed by atoms with Crippen LogP contribution in [0.15, 0.2) is 48.5 Å². The molecule has 2 rings (SSSR count). The molecule has 0 radical (unpaired) electrons. The van der Waals surface area contributed by atoms with Crippen molar-refractivity contribution in [2.24, 2.45) is 0 Å². The summed E-state index contributed by atoms with van der Waals surface area (Å²) in [5.74, 6) is 0.579. The maximum atomic E-state index is 13.0. The van der Waals surface area contributed by atoms with Crippen molar-refractivity contribution in [2.75, 3.05) is 12.4 Å². The molecule has 0 bridgehead atoms. The van der Waals surface area contributed by atoms with Gasteiger partial charge < -0.3 is 10.1 Å². The number of nitrogens with one attached hydrogen (secondary N) is 2. The fourth-order valence-corrected chi connectivity index (χ4v) is 2.85. The van der Waals surface area contributed by atoms with Crippen molar-refractivity contribution >= 4 is 11.6 Å². The Morgan fingerprint density at radius 1 is 1.08 bits per heavy atom. The van der Waals surface area contributed by atoms with Crippen LogP contribution in [-0.2, 0) is 4.79 Å². The van der Waals surface area contributed by atoms with Crippen LogP contribution in [0.25, 0.3) is 0 Å². The molecule has 0 aliphatic rings. The van der Waals surface area contributed by atoms with Crippen LogP contribution < -0.4 is 15.4 Å². The normalized spacial score (nSPS) is 12.0. The van der Waals surface area contributed by atoms with E-state index >= 15 is 0 Å². The third-order valence-electron chi connectivity index (χ3n) is 4.40. The van der Waals surface area contributed by atoms with Crippen LogP contribution in [0, 0.1) is 6.92 Å². The predicted molar refractivity (Wildman–Crippen MR) is 103 cm³/mol. The largest absolute Gasteiger partial charge is 0.495 e. The lowest BCUT2D eigenvalue weighted by Crippen LogP contribution is -2.39. The van der Waals surface area contributed by atoms with Gasteiger partial charge in [0.25, 0.3) is 0 Å². The highest BCUT2D eigenvalue weighted by Crippen LogP contribution is 2.27. The molecule has 0 fully saturated rings. The van der Waals surface area contributed by atoms with E-state index < -0.39 is 6.04 Å². The lowest BCUT2D eigenvalue weighted by Gasteiger charge is -2.24. The van der Waals surface area contributed by atoms with Crippen molar-refractivity contribution in [1.82, 2.24) is 5.32 Å². The molecule has 134 valence electrons. The van der Waals surface area contributed by atoms with Crippen LogP contribution >= 0.6 is 0 Å². The highest BCUT2D eigenvalue weighted by Gasteiger charge is 2.23. The number of amides is 1. The summed E-state index contributed by atoms with van der Waals surface area (Å²) in [5.41, 5.74) is 2.72. The third kappa shape index (κ3) is 5.07. The summed E-state index contributed by atoms with van der Waals surface area (Å²) in [7, 11) is 1.61. The van der Waals surface area contributed by atoms with Crippen molar-refractivity contribution in [3.8, 4) is 5.75 Å². The molecule has 0 aromatic heterocycles. The smallest absolute Gasteiger partial charge is 0.246 e. The van der Waals surface area contributed by atoms with Gasteiger partial charge in [-0.05, 0) is 43.0 Å². The molecule has 0 heterocycles. The predicted octanol–water partition coefficient (Wildman–Crippen LogP) is 4.46. The standard InChI is InChI=1S/C21H28N2O2/c1-5-17(6-2)22-20(16-10-8-7-9-11-16)21(24)23-18-14-15(3)12-13-19(18)25-4/h7-14,17,20,22H,5-6H2,1-4H3,(H,23,24)/t20-/m1/s1. The number of carbonyl (C=O) groups excluding carboxylic acids is 1. The van der Waals surface area contributed by atoms with Gasteiger partial charge in [0.05, 0.1) is 12.8 Å². The van der Waals surface area contributed by atoms with Crippen molar-refractivity contribution in [1.29, 1.82) is 0 Å². The lowest BCUT2D eigenvalue weighted by molar-refractivity contribution is -0.118. The minimum atomic E-state index is -0.406. The van der Waals surface area contributed by atoms with Gasteiger partial charge in [0, 0.05) is 6.04 Å². The number of hydrogen-bond donors (Lipinski definition) is 2. The van der Waals surface area contributed by atoms with E-state index in [4.69, 9.17) is 4.74 Å². The quantitative estimate of drug-likeness (QED) is 0.746. The Morgan fingerprint density at radius 2 is 1.76 bits per heavy atom. The number of aryl methyl sites for hydroxylation is 1. The summed E-state index contributed by atoms with van der Waals surface area (Å²) < 4.78 is 5.37. The number of hydrogen-bond acceptors (Lipinski definition) is 3. The van der Waals surface area contributed by atoms with E-state index in [0.717, 1.165) is 24.0 Å². The zero-order valence-electron chi connectivity index (χ0n) is 15.5. The molecule has 0 saturated carbocycles. The Morgan fingerprint density at radius 3 is 2.36 bits per heavy atom. The minimum absolute atomic E-state index is 0.0815. The molecule has 2 aromatic carbocycles. The number of rotatable bonds is 8. The third-order valence-corrected chi connectivity index (χ3v) is 4.40. The van der Waals surface area contributed by atoms with Gasteiger partial charge in [-0.1, -0.05) is 50.2 Å². The maximum absolute atomic E-state index is 13.0. The van der Waals surface area contributed by atoms with Crippen LogP contribution in [-0.4, -0.2) is 19.1 Å². The van der Waals surface area contributed by atoms with Crippen LogP contribution in [0.5, 0.6) is 5.75 Å². The molecule has 0 saturated heterocycles. The van der Waals surface area contributed by atoms with Gasteiger partial charge in [-0.2, -0.15) is 0 Å². The van der Waals surface area contributed by atoms with Gasteiger partial charge in [-0.3, -0.25) is 10.1 Å². The van der Waals surface area contributed by atoms with Gasteiger partial charge in [0.2, 0.25) is 5.91 Å². The van der Waals surface area contributed by atoms with Crippen LogP contribution in [0.1, 0.15) is 43.9 Å². The van der Waals surface area contributed by atoms with Gasteiger partial charge in [-0.15, -0.1) is 0 Å². The fourth-order valence-electron chi connectivity index (χ4n) is 2.85. The summed E-state index contributed by atoms with van der Waals surface area (Å²) >= 11 is 0. The van der Waals surface area contributed by atoms with E-state index in [0.29, 0.717) is 11.4 Å². The number of ether oxygens (including phenoxy) is 1. The summed E-state index contributed by atoms with van der Waals surface area (Å²) in [4.78, 5) is 13.0. The molecular weight excluding hydrogens is 312 g/mol. The number of benzene rings is 2. The Labute approximate surface area is 150 Å². The van der Waals surface area contributed by atoms with Crippen molar-refractivity contribution < 1.29 is 9.53 Å². The van der Waals surface area contributed by atoms with Gasteiger partial charge in [0.1, 0.15) is 11.8 Å². The second-order valence-electron chi connectivity index (χ2n) is 6.22. The first-order valence-electron chi connectivity index (χ1n) is 8.85. The first-order chi connectivity index (χ1) is 12.1. The van der Waals surface area contributed by atoms with E-state index in [9.17, 15) is 4.79 Å². The summed E-state index contributed by atoms with van der Waals surface area (Å²) in [6, 6.07) is 15.5. The molecule has 25 heavy (non-hydrogen) atoms.